The lowest BCUT2D eigenvalue weighted by Crippen LogP contribution is -2.01. The van der Waals surface area contributed by atoms with Gasteiger partial charge in [-0.05, 0) is 37.3 Å². The van der Waals surface area contributed by atoms with Gasteiger partial charge in [-0.2, -0.15) is 0 Å². The highest BCUT2D eigenvalue weighted by Gasteiger charge is 2.19. The second-order valence-corrected chi connectivity index (χ2v) is 6.42. The zero-order valence-corrected chi connectivity index (χ0v) is 12.3. The topological polar surface area (TPSA) is 0 Å². The highest BCUT2D eigenvalue weighted by atomic mass is 79.9. The average Bonchev–Trinajstić information content (AvgIpc) is 2.84. The van der Waals surface area contributed by atoms with Gasteiger partial charge in [0.25, 0.3) is 0 Å². The number of aryl methyl sites for hydroxylation is 1. The molecule has 1 atom stereocenters. The largest absolute Gasteiger partial charge is 0.207 e. The summed E-state index contributed by atoms with van der Waals surface area (Å²) in [5.74, 6) is -0.104. The van der Waals surface area contributed by atoms with Crippen LogP contribution in [0.5, 0.6) is 0 Å². The Morgan fingerprint density at radius 2 is 1.89 bits per heavy atom. The molecule has 1 aromatic carbocycles. The van der Waals surface area contributed by atoms with Crippen LogP contribution in [0.25, 0.3) is 0 Å². The van der Waals surface area contributed by atoms with Crippen LogP contribution in [-0.2, 0) is 0 Å². The fraction of sp³-hybridized carbons (Fsp3) is 0.600. The van der Waals surface area contributed by atoms with Crippen LogP contribution in [0.4, 0.5) is 8.78 Å². The molecule has 18 heavy (non-hydrogen) atoms. The van der Waals surface area contributed by atoms with Crippen LogP contribution in [0.15, 0.2) is 12.1 Å². The molecule has 0 spiro atoms. The van der Waals surface area contributed by atoms with Gasteiger partial charge in [-0.15, -0.1) is 0 Å². The summed E-state index contributed by atoms with van der Waals surface area (Å²) in [6.07, 6.45) is 7.34. The molecular weight excluding hydrogens is 298 g/mol. The number of hydrogen-bond acceptors (Lipinski definition) is 0. The van der Waals surface area contributed by atoms with E-state index in [0.29, 0.717) is 11.1 Å². The second kappa shape index (κ2) is 6.14. The van der Waals surface area contributed by atoms with E-state index in [9.17, 15) is 8.78 Å². The first-order chi connectivity index (χ1) is 8.58. The Morgan fingerprint density at radius 3 is 2.56 bits per heavy atom. The summed E-state index contributed by atoms with van der Waals surface area (Å²) >= 11 is 3.54. The van der Waals surface area contributed by atoms with E-state index in [-0.39, 0.29) is 4.83 Å². The van der Waals surface area contributed by atoms with Crippen LogP contribution in [0.2, 0.25) is 0 Å². The van der Waals surface area contributed by atoms with Gasteiger partial charge < -0.3 is 0 Å². The molecule has 0 aliphatic heterocycles. The number of benzene rings is 1. The Hall–Kier alpha value is -0.440. The first-order valence-corrected chi connectivity index (χ1v) is 7.59. The third-order valence-electron chi connectivity index (χ3n) is 3.92. The molecule has 100 valence electrons. The van der Waals surface area contributed by atoms with Gasteiger partial charge in [-0.1, -0.05) is 41.6 Å². The van der Waals surface area contributed by atoms with E-state index in [1.165, 1.54) is 25.7 Å². The Bertz CT molecular complexity index is 411. The minimum absolute atomic E-state index is 0.00241. The quantitative estimate of drug-likeness (QED) is 0.627. The standard InChI is InChI=1S/C15H19BrF2/c1-10-8-12(15(18)9-14(10)17)13(16)7-6-11-4-2-3-5-11/h8-9,11,13H,2-7H2,1H3. The molecule has 1 aromatic rings. The van der Waals surface area contributed by atoms with Gasteiger partial charge in [0.2, 0.25) is 0 Å². The Labute approximate surface area is 116 Å². The Morgan fingerprint density at radius 1 is 1.22 bits per heavy atom. The van der Waals surface area contributed by atoms with Crippen LogP contribution in [-0.4, -0.2) is 0 Å². The Kier molecular flexibility index (Phi) is 4.77. The van der Waals surface area contributed by atoms with Crippen LogP contribution in [0.3, 0.4) is 0 Å². The van der Waals surface area contributed by atoms with Crippen molar-refractivity contribution < 1.29 is 8.78 Å². The number of alkyl halides is 1. The van der Waals surface area contributed by atoms with Crippen molar-refractivity contribution in [3.8, 4) is 0 Å². The summed E-state index contributed by atoms with van der Waals surface area (Å²) in [7, 11) is 0. The maximum absolute atomic E-state index is 13.7. The van der Waals surface area contributed by atoms with E-state index >= 15 is 0 Å². The van der Waals surface area contributed by atoms with E-state index in [2.05, 4.69) is 15.9 Å². The molecule has 0 amide bonds. The SMILES string of the molecule is Cc1cc(C(Br)CCC2CCCC2)c(F)cc1F. The van der Waals surface area contributed by atoms with E-state index in [1.807, 2.05) is 0 Å². The first-order valence-electron chi connectivity index (χ1n) is 6.67. The second-order valence-electron chi connectivity index (χ2n) is 5.32. The van der Waals surface area contributed by atoms with Gasteiger partial charge in [-0.25, -0.2) is 8.78 Å². The molecule has 0 radical (unpaired) electrons. The number of rotatable bonds is 4. The average molecular weight is 317 g/mol. The zero-order chi connectivity index (χ0) is 13.1. The summed E-state index contributed by atoms with van der Waals surface area (Å²) in [6.45, 7) is 1.68. The summed E-state index contributed by atoms with van der Waals surface area (Å²) in [6, 6.07) is 2.62. The molecule has 1 aliphatic carbocycles. The maximum Gasteiger partial charge on any atom is 0.130 e. The number of halogens is 3. The molecule has 3 heteroatoms. The summed E-state index contributed by atoms with van der Waals surface area (Å²) in [5, 5.41) is 0. The molecule has 2 rings (SSSR count). The zero-order valence-electron chi connectivity index (χ0n) is 10.7. The van der Waals surface area contributed by atoms with Gasteiger partial charge >= 0.3 is 0 Å². The minimum atomic E-state index is -0.466. The fourth-order valence-corrected chi connectivity index (χ4v) is 3.37. The third kappa shape index (κ3) is 3.31. The van der Waals surface area contributed by atoms with Gasteiger partial charge in [0.15, 0.2) is 0 Å². The summed E-state index contributed by atoms with van der Waals surface area (Å²) in [5.41, 5.74) is 1.10. The van der Waals surface area contributed by atoms with Crippen molar-refractivity contribution in [1.82, 2.24) is 0 Å². The van der Waals surface area contributed by atoms with Crippen LogP contribution in [0.1, 0.15) is 54.5 Å². The van der Waals surface area contributed by atoms with Crippen molar-refractivity contribution in [1.29, 1.82) is 0 Å². The molecule has 0 aromatic heterocycles. The van der Waals surface area contributed by atoms with Crippen LogP contribution in [0, 0.1) is 24.5 Å². The molecule has 1 unspecified atom stereocenters. The lowest BCUT2D eigenvalue weighted by molar-refractivity contribution is 0.477. The van der Waals surface area contributed by atoms with E-state index in [4.69, 9.17) is 0 Å². The molecule has 0 heterocycles. The van der Waals surface area contributed by atoms with E-state index in [0.717, 1.165) is 24.8 Å². The minimum Gasteiger partial charge on any atom is -0.207 e. The predicted molar refractivity (Wildman–Crippen MR) is 74.0 cm³/mol. The summed E-state index contributed by atoms with van der Waals surface area (Å²) < 4.78 is 26.9. The fourth-order valence-electron chi connectivity index (χ4n) is 2.76. The smallest absolute Gasteiger partial charge is 0.130 e. The molecule has 0 nitrogen and oxygen atoms in total. The van der Waals surface area contributed by atoms with Gasteiger partial charge in [0.1, 0.15) is 11.6 Å². The normalized spacial score (nSPS) is 18.2. The molecule has 0 bridgehead atoms. The third-order valence-corrected chi connectivity index (χ3v) is 4.87. The van der Waals surface area contributed by atoms with Gasteiger partial charge in [0, 0.05) is 16.5 Å². The molecule has 0 N–H and O–H groups in total. The van der Waals surface area contributed by atoms with Crippen LogP contribution < -0.4 is 0 Å². The molecule has 0 saturated heterocycles. The number of hydrogen-bond donors (Lipinski definition) is 0. The van der Waals surface area contributed by atoms with Crippen molar-refractivity contribution >= 4 is 15.9 Å². The molecule has 1 saturated carbocycles. The molecule has 1 aliphatic rings. The van der Waals surface area contributed by atoms with Crippen molar-refractivity contribution in [2.45, 2.75) is 50.3 Å². The Balaban J connectivity index is 1.99. The van der Waals surface area contributed by atoms with Crippen molar-refractivity contribution in [3.63, 3.8) is 0 Å². The van der Waals surface area contributed by atoms with Crippen molar-refractivity contribution in [3.05, 3.63) is 34.9 Å². The van der Waals surface area contributed by atoms with E-state index in [1.54, 1.807) is 13.0 Å². The van der Waals surface area contributed by atoms with Gasteiger partial charge in [0.05, 0.1) is 0 Å². The monoisotopic (exact) mass is 316 g/mol. The molecule has 1 fully saturated rings. The van der Waals surface area contributed by atoms with E-state index < -0.39 is 11.6 Å². The lowest BCUT2D eigenvalue weighted by Gasteiger charge is -2.15. The predicted octanol–water partition coefficient (Wildman–Crippen LogP) is 5.68. The van der Waals surface area contributed by atoms with Crippen molar-refractivity contribution in [2.24, 2.45) is 5.92 Å². The highest BCUT2D eigenvalue weighted by molar-refractivity contribution is 9.09. The van der Waals surface area contributed by atoms with Crippen molar-refractivity contribution in [2.75, 3.05) is 0 Å². The van der Waals surface area contributed by atoms with Gasteiger partial charge in [-0.3, -0.25) is 0 Å². The molecular formula is C15H19BrF2. The maximum atomic E-state index is 13.7. The highest BCUT2D eigenvalue weighted by Crippen LogP contribution is 2.36. The van der Waals surface area contributed by atoms with Crippen LogP contribution >= 0.6 is 15.9 Å². The first kappa shape index (κ1) is 14.0. The summed E-state index contributed by atoms with van der Waals surface area (Å²) in [4.78, 5) is -0.00241. The lowest BCUT2D eigenvalue weighted by atomic mass is 9.97.